The van der Waals surface area contributed by atoms with Crippen LogP contribution in [-0.4, -0.2) is 13.2 Å². The molecule has 0 amide bonds. The van der Waals surface area contributed by atoms with Gasteiger partial charge in [0.25, 0.3) is 0 Å². The minimum absolute atomic E-state index is 0.574. The average Bonchev–Trinajstić information content (AvgIpc) is 3.22. The molecule has 0 aromatic heterocycles. The molecule has 4 heteroatoms. The van der Waals surface area contributed by atoms with E-state index in [4.69, 9.17) is 9.47 Å². The quantitative estimate of drug-likeness (QED) is 0.105. The molecule has 52 heavy (non-hydrogen) atoms. The lowest BCUT2D eigenvalue weighted by atomic mass is 10.1. The molecule has 0 unspecified atom stereocenters. The molecule has 0 aliphatic rings. The molecule has 2 nitrogen and oxygen atoms in total. The number of benzene rings is 7. The van der Waals surface area contributed by atoms with Crippen molar-refractivity contribution < 1.29 is 9.47 Å². The molecule has 0 aliphatic carbocycles. The van der Waals surface area contributed by atoms with Crippen molar-refractivity contribution in [2.45, 2.75) is 26.2 Å². The van der Waals surface area contributed by atoms with E-state index in [0.29, 0.717) is 13.2 Å². The van der Waals surface area contributed by atoms with Crippen LogP contribution in [0.25, 0.3) is 0 Å². The third-order valence-electron chi connectivity index (χ3n) is 9.84. The van der Waals surface area contributed by atoms with Crippen molar-refractivity contribution in [3.63, 3.8) is 0 Å². The Balaban J connectivity index is 1.46. The lowest BCUT2D eigenvalue weighted by Crippen LogP contribution is -2.33. The molecule has 7 rings (SSSR count). The monoisotopic (exact) mass is 716 g/mol. The van der Waals surface area contributed by atoms with Crippen molar-refractivity contribution in [2.75, 3.05) is 13.2 Å². The highest BCUT2D eigenvalue weighted by Gasteiger charge is 2.48. The fourth-order valence-corrected chi connectivity index (χ4v) is 16.0. The van der Waals surface area contributed by atoms with E-state index in [0.717, 1.165) is 23.8 Å². The molecule has 0 radical (unpaired) electrons. The predicted octanol–water partition coefficient (Wildman–Crippen LogP) is 9.47. The van der Waals surface area contributed by atoms with Gasteiger partial charge in [0.15, 0.2) is 0 Å². The number of hydrogen-bond acceptors (Lipinski definition) is 2. The molecule has 0 heterocycles. The fraction of sp³-hybridized carbons (Fsp3) is 0.125. The first-order valence-electron chi connectivity index (χ1n) is 18.2. The molecule has 0 spiro atoms. The third kappa shape index (κ3) is 7.07. The zero-order valence-electron chi connectivity index (χ0n) is 30.0. The van der Waals surface area contributed by atoms with Gasteiger partial charge in [-0.3, -0.25) is 0 Å². The Morgan fingerprint density at radius 2 is 0.538 bits per heavy atom. The molecule has 0 fully saturated rings. The standard InChI is InChI=1S/C48H46O2P2/c1-3-49-47-35-40(38-52(44-29-17-8-18-30-44,45-31-19-9-20-32-45)46-33-21-10-22-34-46)48(50-4-2)36-39(47)37-51(41-23-11-5-12-24-41,42-25-13-6-14-26-42)43-27-15-7-16-28-43/h5-36H,3-4,37-38H2,1-2H3/q+2. The van der Waals surface area contributed by atoms with Crippen LogP contribution in [0.5, 0.6) is 11.5 Å². The van der Waals surface area contributed by atoms with Crippen LogP contribution in [0.1, 0.15) is 25.0 Å². The van der Waals surface area contributed by atoms with Crippen LogP contribution < -0.4 is 41.3 Å². The first kappa shape index (κ1) is 35.4. The molecular formula is C48H46O2P2+2. The highest BCUT2D eigenvalue weighted by Crippen LogP contribution is 2.61. The van der Waals surface area contributed by atoms with Crippen LogP contribution in [0.3, 0.4) is 0 Å². The summed E-state index contributed by atoms with van der Waals surface area (Å²) in [6.45, 7) is 5.32. The first-order valence-corrected chi connectivity index (χ1v) is 22.1. The van der Waals surface area contributed by atoms with Crippen LogP contribution in [0.2, 0.25) is 0 Å². The molecule has 7 aromatic rings. The predicted molar refractivity (Wildman–Crippen MR) is 226 cm³/mol. The molecule has 0 saturated heterocycles. The smallest absolute Gasteiger partial charge is 0.126 e. The van der Waals surface area contributed by atoms with Gasteiger partial charge in [-0.15, -0.1) is 0 Å². The summed E-state index contributed by atoms with van der Waals surface area (Å²) in [7, 11) is -4.39. The van der Waals surface area contributed by atoms with Crippen LogP contribution in [0.15, 0.2) is 194 Å². The van der Waals surface area contributed by atoms with E-state index in [9.17, 15) is 0 Å². The van der Waals surface area contributed by atoms with Gasteiger partial charge in [-0.05, 0) is 98.8 Å². The summed E-state index contributed by atoms with van der Waals surface area (Å²) >= 11 is 0. The second-order valence-electron chi connectivity index (χ2n) is 12.9. The first-order chi connectivity index (χ1) is 25.7. The molecule has 0 aliphatic heterocycles. The van der Waals surface area contributed by atoms with Gasteiger partial charge in [-0.1, -0.05) is 109 Å². The average molecular weight is 717 g/mol. The molecule has 0 atom stereocenters. The van der Waals surface area contributed by atoms with E-state index in [2.05, 4.69) is 208 Å². The van der Waals surface area contributed by atoms with Crippen molar-refractivity contribution in [3.8, 4) is 11.5 Å². The van der Waals surface area contributed by atoms with Gasteiger partial charge in [-0.25, -0.2) is 0 Å². The van der Waals surface area contributed by atoms with E-state index < -0.39 is 14.5 Å². The summed E-state index contributed by atoms with van der Waals surface area (Å²) in [5.41, 5.74) is 2.34. The summed E-state index contributed by atoms with van der Waals surface area (Å²) in [4.78, 5) is 0. The van der Waals surface area contributed by atoms with Crippen LogP contribution in [-0.2, 0) is 12.3 Å². The Morgan fingerprint density at radius 3 is 0.731 bits per heavy atom. The number of hydrogen-bond donors (Lipinski definition) is 0. The Morgan fingerprint density at radius 1 is 0.327 bits per heavy atom. The van der Waals surface area contributed by atoms with E-state index >= 15 is 0 Å². The lowest BCUT2D eigenvalue weighted by Gasteiger charge is -2.30. The van der Waals surface area contributed by atoms with E-state index in [-0.39, 0.29) is 0 Å². The van der Waals surface area contributed by atoms with Gasteiger partial charge in [0.05, 0.1) is 13.2 Å². The van der Waals surface area contributed by atoms with Gasteiger partial charge in [0, 0.05) is 11.1 Å². The summed E-state index contributed by atoms with van der Waals surface area (Å²) in [6.07, 6.45) is 1.61. The van der Waals surface area contributed by atoms with Gasteiger partial charge in [-0.2, -0.15) is 0 Å². The van der Waals surface area contributed by atoms with Crippen LogP contribution >= 0.6 is 14.5 Å². The number of rotatable bonds is 14. The largest absolute Gasteiger partial charge is 0.493 e. The SMILES string of the molecule is CCOc1cc(C[P+](c2ccccc2)(c2ccccc2)c2ccccc2)c(OCC)cc1C[P+](c1ccccc1)(c1ccccc1)c1ccccc1. The van der Waals surface area contributed by atoms with Crippen molar-refractivity contribution >= 4 is 46.4 Å². The van der Waals surface area contributed by atoms with Crippen LogP contribution in [0, 0.1) is 0 Å². The van der Waals surface area contributed by atoms with E-state index in [1.807, 2.05) is 0 Å². The normalized spacial score (nSPS) is 11.6. The second kappa shape index (κ2) is 16.6. The minimum atomic E-state index is -2.19. The molecule has 0 bridgehead atoms. The molecule has 0 saturated carbocycles. The highest BCUT2D eigenvalue weighted by molar-refractivity contribution is 7.95. The lowest BCUT2D eigenvalue weighted by molar-refractivity contribution is 0.326. The Kier molecular flexibility index (Phi) is 11.3. The highest BCUT2D eigenvalue weighted by atomic mass is 31.2. The van der Waals surface area contributed by atoms with Gasteiger partial charge in [0.1, 0.15) is 70.2 Å². The minimum Gasteiger partial charge on any atom is -0.493 e. The van der Waals surface area contributed by atoms with Crippen molar-refractivity contribution in [2.24, 2.45) is 0 Å². The van der Waals surface area contributed by atoms with Crippen molar-refractivity contribution in [1.82, 2.24) is 0 Å². The second-order valence-corrected chi connectivity index (χ2v) is 19.9. The van der Waals surface area contributed by atoms with E-state index in [1.54, 1.807) is 0 Å². The maximum Gasteiger partial charge on any atom is 0.126 e. The Labute approximate surface area is 310 Å². The van der Waals surface area contributed by atoms with Gasteiger partial charge < -0.3 is 9.47 Å². The maximum atomic E-state index is 6.67. The fourth-order valence-electron chi connectivity index (χ4n) is 7.52. The van der Waals surface area contributed by atoms with Crippen molar-refractivity contribution in [3.05, 3.63) is 205 Å². The zero-order valence-corrected chi connectivity index (χ0v) is 31.8. The molecular weight excluding hydrogens is 670 g/mol. The number of ether oxygens (including phenoxy) is 2. The summed E-state index contributed by atoms with van der Waals surface area (Å²) in [5, 5.41) is 8.08. The van der Waals surface area contributed by atoms with E-state index in [1.165, 1.54) is 43.0 Å². The molecule has 258 valence electrons. The summed E-state index contributed by atoms with van der Waals surface area (Å²) in [6, 6.07) is 71.1. The zero-order chi connectivity index (χ0) is 35.6. The summed E-state index contributed by atoms with van der Waals surface area (Å²) < 4.78 is 13.3. The molecule has 0 N–H and O–H groups in total. The molecule has 7 aromatic carbocycles. The van der Waals surface area contributed by atoms with Crippen LogP contribution in [0.4, 0.5) is 0 Å². The third-order valence-corrected chi connectivity index (χ3v) is 18.5. The summed E-state index contributed by atoms with van der Waals surface area (Å²) in [5.74, 6) is 1.86. The van der Waals surface area contributed by atoms with Gasteiger partial charge >= 0.3 is 0 Å². The Bertz CT molecular complexity index is 1790. The Hall–Kier alpha value is -5.00. The van der Waals surface area contributed by atoms with Crippen molar-refractivity contribution in [1.29, 1.82) is 0 Å². The van der Waals surface area contributed by atoms with Gasteiger partial charge in [0.2, 0.25) is 0 Å². The topological polar surface area (TPSA) is 18.5 Å². The maximum absolute atomic E-state index is 6.67.